The third kappa shape index (κ3) is 6.24. The van der Waals surface area contributed by atoms with E-state index in [1.807, 2.05) is 0 Å². The normalized spacial score (nSPS) is 13.2. The van der Waals surface area contributed by atoms with E-state index in [9.17, 15) is 23.6 Å². The van der Waals surface area contributed by atoms with Crippen LogP contribution in [0.2, 0.25) is 5.02 Å². The number of hydrogen-bond acceptors (Lipinski definition) is 6. The van der Waals surface area contributed by atoms with E-state index in [0.29, 0.717) is 11.3 Å². The summed E-state index contributed by atoms with van der Waals surface area (Å²) in [5.41, 5.74) is 0.962. The molecular formula is C32H23ClFN3O6. The number of amides is 5. The number of para-hydroxylation sites is 2. The molecule has 9 nitrogen and oxygen atoms in total. The molecule has 4 aromatic rings. The van der Waals surface area contributed by atoms with Crippen molar-refractivity contribution >= 4 is 58.5 Å². The van der Waals surface area contributed by atoms with Gasteiger partial charge in [-0.2, -0.15) is 0 Å². The first-order chi connectivity index (χ1) is 20.8. The number of anilines is 3. The third-order valence-electron chi connectivity index (χ3n) is 6.32. The number of methoxy groups -OCH3 is 1. The second-order valence-corrected chi connectivity index (χ2v) is 9.58. The molecule has 5 amide bonds. The molecule has 0 saturated carbocycles. The van der Waals surface area contributed by atoms with Crippen molar-refractivity contribution in [2.45, 2.75) is 0 Å². The van der Waals surface area contributed by atoms with Crippen LogP contribution in [0.15, 0.2) is 103 Å². The molecule has 0 aliphatic carbocycles. The van der Waals surface area contributed by atoms with Crippen LogP contribution in [0.3, 0.4) is 0 Å². The molecule has 1 heterocycles. The molecule has 5 rings (SSSR count). The monoisotopic (exact) mass is 599 g/mol. The fraction of sp³-hybridized carbons (Fsp3) is 0.0625. The van der Waals surface area contributed by atoms with Gasteiger partial charge in [0.2, 0.25) is 0 Å². The summed E-state index contributed by atoms with van der Waals surface area (Å²) in [7, 11) is 1.36. The molecule has 4 aromatic carbocycles. The Morgan fingerprint density at radius 2 is 1.42 bits per heavy atom. The standard InChI is InChI=1S/C32H23ClFN3O6/c1-42-27-18-20(17-26(33)29(27)43-19-28(38)35-22-14-12-21(34)13-15-22)16-25-30(39)36(23-8-4-2-5-9-23)32(41)37(31(25)40)24-10-6-3-7-11-24/h2-18H,19H2,1H3,(H,35,38). The molecule has 0 radical (unpaired) electrons. The van der Waals surface area contributed by atoms with Gasteiger partial charge in [0.05, 0.1) is 23.5 Å². The largest absolute Gasteiger partial charge is 0.493 e. The molecule has 1 N–H and O–H groups in total. The SMILES string of the molecule is COc1cc(C=C2C(=O)N(c3ccccc3)C(=O)N(c3ccccc3)C2=O)cc(Cl)c1OCC(=O)Nc1ccc(F)cc1. The number of rotatable bonds is 8. The van der Waals surface area contributed by atoms with Crippen molar-refractivity contribution in [3.05, 3.63) is 119 Å². The summed E-state index contributed by atoms with van der Waals surface area (Å²) in [4.78, 5) is 54.9. The van der Waals surface area contributed by atoms with Crippen LogP contribution in [-0.2, 0) is 14.4 Å². The third-order valence-corrected chi connectivity index (χ3v) is 6.60. The summed E-state index contributed by atoms with van der Waals surface area (Å²) in [6.07, 6.45) is 1.31. The van der Waals surface area contributed by atoms with Gasteiger partial charge in [-0.15, -0.1) is 0 Å². The Morgan fingerprint density at radius 3 is 1.95 bits per heavy atom. The highest BCUT2D eigenvalue weighted by molar-refractivity contribution is 6.46. The Morgan fingerprint density at radius 1 is 0.860 bits per heavy atom. The lowest BCUT2D eigenvalue weighted by atomic mass is 10.0. The van der Waals surface area contributed by atoms with Crippen LogP contribution in [-0.4, -0.2) is 37.5 Å². The van der Waals surface area contributed by atoms with E-state index in [-0.39, 0.29) is 33.5 Å². The summed E-state index contributed by atoms with van der Waals surface area (Å²) in [6.45, 7) is -0.439. The van der Waals surface area contributed by atoms with Gasteiger partial charge in [0.15, 0.2) is 18.1 Å². The highest BCUT2D eigenvalue weighted by atomic mass is 35.5. The first kappa shape index (κ1) is 29.0. The van der Waals surface area contributed by atoms with E-state index in [4.69, 9.17) is 21.1 Å². The minimum atomic E-state index is -0.818. The van der Waals surface area contributed by atoms with Crippen molar-refractivity contribution < 1.29 is 33.0 Å². The molecule has 0 atom stereocenters. The number of imide groups is 2. The van der Waals surface area contributed by atoms with Gasteiger partial charge in [0.1, 0.15) is 11.4 Å². The Bertz CT molecular complexity index is 1670. The van der Waals surface area contributed by atoms with E-state index in [1.165, 1.54) is 49.6 Å². The molecule has 216 valence electrons. The van der Waals surface area contributed by atoms with Crippen molar-refractivity contribution in [2.24, 2.45) is 0 Å². The van der Waals surface area contributed by atoms with Gasteiger partial charge in [-0.3, -0.25) is 14.4 Å². The maximum Gasteiger partial charge on any atom is 0.343 e. The summed E-state index contributed by atoms with van der Waals surface area (Å²) in [5.74, 6) is -2.43. The van der Waals surface area contributed by atoms with Crippen LogP contribution in [0.25, 0.3) is 6.08 Å². The van der Waals surface area contributed by atoms with Gasteiger partial charge in [-0.05, 0) is 72.3 Å². The van der Waals surface area contributed by atoms with Crippen molar-refractivity contribution in [3.63, 3.8) is 0 Å². The topological polar surface area (TPSA) is 105 Å². The molecule has 43 heavy (non-hydrogen) atoms. The number of urea groups is 1. The number of hydrogen-bond donors (Lipinski definition) is 1. The van der Waals surface area contributed by atoms with Crippen molar-refractivity contribution in [1.29, 1.82) is 0 Å². The highest BCUT2D eigenvalue weighted by Crippen LogP contribution is 2.38. The molecule has 0 unspecified atom stereocenters. The molecule has 0 spiro atoms. The number of benzene rings is 4. The fourth-order valence-electron chi connectivity index (χ4n) is 4.34. The van der Waals surface area contributed by atoms with E-state index < -0.39 is 36.2 Å². The second-order valence-electron chi connectivity index (χ2n) is 9.17. The minimum absolute atomic E-state index is 0.0346. The van der Waals surface area contributed by atoms with Crippen molar-refractivity contribution in [2.75, 3.05) is 28.8 Å². The van der Waals surface area contributed by atoms with Gasteiger partial charge in [-0.1, -0.05) is 48.0 Å². The molecule has 1 aliphatic rings. The quantitative estimate of drug-likeness (QED) is 0.194. The zero-order chi connectivity index (χ0) is 30.5. The summed E-state index contributed by atoms with van der Waals surface area (Å²) in [5, 5.41) is 2.61. The Balaban J connectivity index is 1.45. The number of ether oxygens (including phenoxy) is 2. The molecule has 1 saturated heterocycles. The first-order valence-electron chi connectivity index (χ1n) is 12.9. The van der Waals surface area contributed by atoms with E-state index in [2.05, 4.69) is 5.32 Å². The molecule has 0 bridgehead atoms. The first-order valence-corrected chi connectivity index (χ1v) is 13.2. The predicted octanol–water partition coefficient (Wildman–Crippen LogP) is 6.09. The maximum atomic E-state index is 13.6. The molecule has 1 aliphatic heterocycles. The van der Waals surface area contributed by atoms with Gasteiger partial charge in [-0.25, -0.2) is 19.0 Å². The van der Waals surface area contributed by atoms with Crippen LogP contribution in [0.5, 0.6) is 11.5 Å². The van der Waals surface area contributed by atoms with E-state index in [0.717, 1.165) is 9.80 Å². The summed E-state index contributed by atoms with van der Waals surface area (Å²) >= 11 is 6.48. The van der Waals surface area contributed by atoms with Gasteiger partial charge in [0.25, 0.3) is 17.7 Å². The fourth-order valence-corrected chi connectivity index (χ4v) is 4.61. The lowest BCUT2D eigenvalue weighted by molar-refractivity contribution is -0.121. The minimum Gasteiger partial charge on any atom is -0.493 e. The lowest BCUT2D eigenvalue weighted by Gasteiger charge is -2.34. The van der Waals surface area contributed by atoms with Crippen LogP contribution >= 0.6 is 11.6 Å². The zero-order valence-electron chi connectivity index (χ0n) is 22.6. The molecule has 1 fully saturated rings. The van der Waals surface area contributed by atoms with Crippen LogP contribution in [0.4, 0.5) is 26.2 Å². The van der Waals surface area contributed by atoms with E-state index in [1.54, 1.807) is 60.7 Å². The molecule has 0 aromatic heterocycles. The van der Waals surface area contributed by atoms with Gasteiger partial charge >= 0.3 is 6.03 Å². The summed E-state index contributed by atoms with van der Waals surface area (Å²) in [6, 6.07) is 23.8. The number of carbonyl (C=O) groups is 4. The Hall–Kier alpha value is -5.48. The van der Waals surface area contributed by atoms with Gasteiger partial charge in [0, 0.05) is 5.69 Å². The number of halogens is 2. The number of nitrogens with zero attached hydrogens (tertiary/aromatic N) is 2. The smallest absolute Gasteiger partial charge is 0.343 e. The molecule has 11 heteroatoms. The average Bonchev–Trinajstić information content (AvgIpc) is 3.01. The van der Waals surface area contributed by atoms with Crippen LogP contribution < -0.4 is 24.6 Å². The maximum absolute atomic E-state index is 13.6. The lowest BCUT2D eigenvalue weighted by Crippen LogP contribution is -2.57. The van der Waals surface area contributed by atoms with Crippen molar-refractivity contribution in [3.8, 4) is 11.5 Å². The number of carbonyl (C=O) groups excluding carboxylic acids is 4. The Labute approximate surface area is 250 Å². The van der Waals surface area contributed by atoms with Crippen LogP contribution in [0, 0.1) is 5.82 Å². The number of nitrogens with one attached hydrogen (secondary N) is 1. The highest BCUT2D eigenvalue weighted by Gasteiger charge is 2.43. The van der Waals surface area contributed by atoms with Crippen molar-refractivity contribution in [1.82, 2.24) is 0 Å². The molecular weight excluding hydrogens is 577 g/mol. The van der Waals surface area contributed by atoms with E-state index >= 15 is 0 Å². The van der Waals surface area contributed by atoms with Gasteiger partial charge < -0.3 is 14.8 Å². The Kier molecular flexibility index (Phi) is 8.49. The van der Waals surface area contributed by atoms with Crippen LogP contribution in [0.1, 0.15) is 5.56 Å². The average molecular weight is 600 g/mol. The second kappa shape index (κ2) is 12.6. The number of barbiturate groups is 1. The zero-order valence-corrected chi connectivity index (χ0v) is 23.4. The predicted molar refractivity (Wildman–Crippen MR) is 160 cm³/mol. The summed E-state index contributed by atoms with van der Waals surface area (Å²) < 4.78 is 24.2.